The molecule has 1 aliphatic heterocycles. The first-order chi connectivity index (χ1) is 7.73. The molecule has 0 saturated carbocycles. The van der Waals surface area contributed by atoms with Gasteiger partial charge in [-0.1, -0.05) is 13.8 Å². The van der Waals surface area contributed by atoms with Gasteiger partial charge in [-0.05, 0) is 33.6 Å². The quantitative estimate of drug-likeness (QED) is 0.808. The summed E-state index contributed by atoms with van der Waals surface area (Å²) in [5.41, 5.74) is -0.869. The Morgan fingerprint density at radius 3 is 2.29 bits per heavy atom. The van der Waals surface area contributed by atoms with Gasteiger partial charge in [0.25, 0.3) is 0 Å². The molecule has 100 valence electrons. The van der Waals surface area contributed by atoms with E-state index in [9.17, 15) is 10.0 Å². The van der Waals surface area contributed by atoms with Crippen molar-refractivity contribution in [3.8, 4) is 0 Å². The third-order valence-corrected chi connectivity index (χ3v) is 4.88. The molecule has 0 aromatic heterocycles. The van der Waals surface area contributed by atoms with Crippen molar-refractivity contribution in [1.82, 2.24) is 9.96 Å². The summed E-state index contributed by atoms with van der Waals surface area (Å²) >= 11 is 0. The SMILES string of the molecule is CCC1(C)CC(=O)N(C)C(C)C(C)(CC)N1O. The number of hydrogen-bond donors (Lipinski definition) is 1. The van der Waals surface area contributed by atoms with Gasteiger partial charge in [-0.3, -0.25) is 4.79 Å². The maximum atomic E-state index is 12.1. The molecule has 1 heterocycles. The average molecular weight is 242 g/mol. The van der Waals surface area contributed by atoms with Gasteiger partial charge in [0.15, 0.2) is 0 Å². The number of amides is 1. The molecule has 0 spiro atoms. The molecule has 17 heavy (non-hydrogen) atoms. The van der Waals surface area contributed by atoms with E-state index in [-0.39, 0.29) is 11.9 Å². The zero-order valence-corrected chi connectivity index (χ0v) is 11.9. The fourth-order valence-corrected chi connectivity index (χ4v) is 2.67. The van der Waals surface area contributed by atoms with Gasteiger partial charge in [-0.2, -0.15) is 5.06 Å². The van der Waals surface area contributed by atoms with E-state index in [2.05, 4.69) is 6.92 Å². The molecule has 3 unspecified atom stereocenters. The molecule has 0 bridgehead atoms. The first-order valence-electron chi connectivity index (χ1n) is 6.47. The van der Waals surface area contributed by atoms with Gasteiger partial charge in [0.1, 0.15) is 0 Å². The highest BCUT2D eigenvalue weighted by atomic mass is 16.5. The summed E-state index contributed by atoms with van der Waals surface area (Å²) in [7, 11) is 1.83. The Hall–Kier alpha value is -0.610. The molecular formula is C13H26N2O2. The number of likely N-dealkylation sites (N-methyl/N-ethyl adjacent to an activating group) is 1. The van der Waals surface area contributed by atoms with E-state index >= 15 is 0 Å². The van der Waals surface area contributed by atoms with Gasteiger partial charge in [0.05, 0.1) is 11.1 Å². The van der Waals surface area contributed by atoms with Gasteiger partial charge < -0.3 is 10.1 Å². The Balaban J connectivity index is 3.26. The average Bonchev–Trinajstić information content (AvgIpc) is 2.37. The Morgan fingerprint density at radius 2 is 1.88 bits per heavy atom. The molecule has 1 N–H and O–H groups in total. The summed E-state index contributed by atoms with van der Waals surface area (Å²) < 4.78 is 0. The van der Waals surface area contributed by atoms with E-state index in [1.807, 2.05) is 34.7 Å². The molecule has 3 atom stereocenters. The van der Waals surface area contributed by atoms with Crippen molar-refractivity contribution in [3.63, 3.8) is 0 Å². The van der Waals surface area contributed by atoms with Gasteiger partial charge >= 0.3 is 0 Å². The molecule has 1 saturated heterocycles. The fourth-order valence-electron chi connectivity index (χ4n) is 2.67. The minimum absolute atomic E-state index is 0.00150. The zero-order chi connectivity index (χ0) is 13.4. The standard InChI is InChI=1S/C13H26N2O2/c1-7-12(4)9-11(16)14(6)10(3)13(5,8-2)15(12)17/h10,17H,7-9H2,1-6H3. The van der Waals surface area contributed by atoms with Crippen molar-refractivity contribution in [3.05, 3.63) is 0 Å². The number of hydrogen-bond acceptors (Lipinski definition) is 3. The first kappa shape index (κ1) is 14.5. The highest BCUT2D eigenvalue weighted by Crippen LogP contribution is 2.38. The van der Waals surface area contributed by atoms with E-state index in [1.165, 1.54) is 5.06 Å². The maximum absolute atomic E-state index is 12.1. The Bertz CT molecular complexity index is 308. The molecule has 0 aliphatic carbocycles. The lowest BCUT2D eigenvalue weighted by Gasteiger charge is -2.47. The first-order valence-corrected chi connectivity index (χ1v) is 6.47. The molecule has 0 radical (unpaired) electrons. The van der Waals surface area contributed by atoms with Crippen LogP contribution in [-0.2, 0) is 4.79 Å². The number of carbonyl (C=O) groups excluding carboxylic acids is 1. The second-order valence-electron chi connectivity index (χ2n) is 5.73. The summed E-state index contributed by atoms with van der Waals surface area (Å²) in [5, 5.41) is 12.0. The molecule has 4 heteroatoms. The normalized spacial score (nSPS) is 40.5. The van der Waals surface area contributed by atoms with Crippen LogP contribution in [-0.4, -0.2) is 45.2 Å². The van der Waals surface area contributed by atoms with E-state index in [0.717, 1.165) is 12.8 Å². The van der Waals surface area contributed by atoms with Crippen molar-refractivity contribution in [1.29, 1.82) is 0 Å². The van der Waals surface area contributed by atoms with Gasteiger partial charge in [-0.15, -0.1) is 0 Å². The topological polar surface area (TPSA) is 43.8 Å². The number of rotatable bonds is 2. The lowest BCUT2D eigenvalue weighted by molar-refractivity contribution is -0.239. The Labute approximate surface area is 105 Å². The fraction of sp³-hybridized carbons (Fsp3) is 0.923. The molecule has 1 aliphatic rings. The summed E-state index contributed by atoms with van der Waals surface area (Å²) in [6.45, 7) is 10.1. The summed E-state index contributed by atoms with van der Waals surface area (Å²) in [6, 6.07) is -0.00150. The predicted molar refractivity (Wildman–Crippen MR) is 67.9 cm³/mol. The van der Waals surface area contributed by atoms with E-state index in [1.54, 1.807) is 4.90 Å². The number of hydroxylamine groups is 2. The van der Waals surface area contributed by atoms with Crippen molar-refractivity contribution in [2.75, 3.05) is 7.05 Å². The predicted octanol–water partition coefficient (Wildman–Crippen LogP) is 2.27. The van der Waals surface area contributed by atoms with Crippen LogP contribution in [0.4, 0.5) is 0 Å². The second kappa shape index (κ2) is 4.58. The van der Waals surface area contributed by atoms with Crippen LogP contribution in [0.25, 0.3) is 0 Å². The summed E-state index contributed by atoms with van der Waals surface area (Å²) in [4.78, 5) is 13.9. The summed E-state index contributed by atoms with van der Waals surface area (Å²) in [6.07, 6.45) is 1.93. The zero-order valence-electron chi connectivity index (χ0n) is 11.9. The monoisotopic (exact) mass is 242 g/mol. The van der Waals surface area contributed by atoms with Crippen molar-refractivity contribution in [2.45, 2.75) is 71.0 Å². The maximum Gasteiger partial charge on any atom is 0.224 e. The van der Waals surface area contributed by atoms with Crippen LogP contribution in [0.2, 0.25) is 0 Å². The van der Waals surface area contributed by atoms with Crippen molar-refractivity contribution in [2.24, 2.45) is 0 Å². The minimum atomic E-state index is -0.471. The lowest BCUT2D eigenvalue weighted by atomic mass is 9.85. The van der Waals surface area contributed by atoms with Crippen LogP contribution in [0.15, 0.2) is 0 Å². The molecule has 1 rings (SSSR count). The molecule has 1 amide bonds. The van der Waals surface area contributed by atoms with Crippen LogP contribution in [0.1, 0.15) is 53.9 Å². The van der Waals surface area contributed by atoms with Crippen molar-refractivity contribution >= 4 is 5.91 Å². The molecule has 4 nitrogen and oxygen atoms in total. The molecule has 0 aromatic carbocycles. The van der Waals surface area contributed by atoms with Crippen LogP contribution in [0.5, 0.6) is 0 Å². The van der Waals surface area contributed by atoms with Crippen LogP contribution >= 0.6 is 0 Å². The minimum Gasteiger partial charge on any atom is -0.341 e. The van der Waals surface area contributed by atoms with E-state index in [0.29, 0.717) is 6.42 Å². The molecular weight excluding hydrogens is 216 g/mol. The van der Waals surface area contributed by atoms with Crippen molar-refractivity contribution < 1.29 is 10.0 Å². The largest absolute Gasteiger partial charge is 0.341 e. The number of carbonyl (C=O) groups is 1. The van der Waals surface area contributed by atoms with E-state index < -0.39 is 11.1 Å². The van der Waals surface area contributed by atoms with Gasteiger partial charge in [0, 0.05) is 19.5 Å². The molecule has 0 aromatic rings. The highest BCUT2D eigenvalue weighted by molar-refractivity contribution is 5.78. The van der Waals surface area contributed by atoms with Gasteiger partial charge in [-0.25, -0.2) is 0 Å². The number of nitrogens with zero attached hydrogens (tertiary/aromatic N) is 2. The lowest BCUT2D eigenvalue weighted by Crippen LogP contribution is -2.60. The smallest absolute Gasteiger partial charge is 0.224 e. The third-order valence-electron chi connectivity index (χ3n) is 4.88. The third kappa shape index (κ3) is 2.08. The summed E-state index contributed by atoms with van der Waals surface area (Å²) in [5.74, 6) is 0.109. The van der Waals surface area contributed by atoms with Crippen LogP contribution in [0.3, 0.4) is 0 Å². The second-order valence-corrected chi connectivity index (χ2v) is 5.73. The van der Waals surface area contributed by atoms with E-state index in [4.69, 9.17) is 0 Å². The van der Waals surface area contributed by atoms with Crippen LogP contribution < -0.4 is 0 Å². The molecule has 1 fully saturated rings. The highest BCUT2D eigenvalue weighted by Gasteiger charge is 2.50. The van der Waals surface area contributed by atoms with Crippen LogP contribution in [0, 0.1) is 0 Å². The Morgan fingerprint density at radius 1 is 1.35 bits per heavy atom. The van der Waals surface area contributed by atoms with Gasteiger partial charge in [0.2, 0.25) is 5.91 Å². The Kier molecular flexibility index (Phi) is 3.89.